The summed E-state index contributed by atoms with van der Waals surface area (Å²) >= 11 is 0. The number of carbonyl (C=O) groups excluding carboxylic acids is 1. The molecule has 0 aromatic heterocycles. The average molecular weight is 271 g/mol. The van der Waals surface area contributed by atoms with E-state index in [1.54, 1.807) is 0 Å². The van der Waals surface area contributed by atoms with Gasteiger partial charge in [0.05, 0.1) is 12.8 Å². The Morgan fingerprint density at radius 3 is 2.63 bits per heavy atom. The lowest BCUT2D eigenvalue weighted by Crippen LogP contribution is -2.24. The summed E-state index contributed by atoms with van der Waals surface area (Å²) in [7, 11) is 0. The van der Waals surface area contributed by atoms with Crippen molar-refractivity contribution in [2.24, 2.45) is 10.8 Å². The maximum Gasteiger partial charge on any atom is 0.332 e. The number of nitrogens with two attached hydrogens (primary N) is 1. The molecule has 0 aliphatic rings. The molecule has 0 fully saturated rings. The van der Waals surface area contributed by atoms with Crippen molar-refractivity contribution in [1.82, 2.24) is 5.43 Å². The first-order chi connectivity index (χ1) is 9.04. The van der Waals surface area contributed by atoms with Gasteiger partial charge in [0.25, 0.3) is 0 Å². The van der Waals surface area contributed by atoms with Crippen LogP contribution in [0.4, 0.5) is 13.6 Å². The standard InChI is InChI=1S/C12H15F2N3O2/c1-2-3-4-19-11-9(13)5-8(6-10(11)14)7-16-17-12(15)18/h5-7H,2-4H2,1H3,(H3,15,17,18). The number of hydrazone groups is 1. The van der Waals surface area contributed by atoms with Crippen LogP contribution < -0.4 is 15.9 Å². The van der Waals surface area contributed by atoms with E-state index in [9.17, 15) is 13.6 Å². The summed E-state index contributed by atoms with van der Waals surface area (Å²) in [4.78, 5) is 10.4. The Balaban J connectivity index is 2.78. The number of amides is 2. The SMILES string of the molecule is CCCCOc1c(F)cc(C=NNC(N)=O)cc1F. The Morgan fingerprint density at radius 2 is 2.11 bits per heavy atom. The predicted molar refractivity (Wildman–Crippen MR) is 67.1 cm³/mol. The highest BCUT2D eigenvalue weighted by atomic mass is 19.1. The number of hydrogen-bond acceptors (Lipinski definition) is 3. The van der Waals surface area contributed by atoms with Crippen LogP contribution in [0.5, 0.6) is 5.75 Å². The van der Waals surface area contributed by atoms with E-state index in [1.807, 2.05) is 12.3 Å². The molecule has 5 nitrogen and oxygen atoms in total. The van der Waals surface area contributed by atoms with Crippen molar-refractivity contribution in [3.8, 4) is 5.75 Å². The minimum absolute atomic E-state index is 0.145. The number of ether oxygens (including phenoxy) is 1. The molecule has 0 heterocycles. The third-order valence-corrected chi connectivity index (χ3v) is 2.15. The molecule has 3 N–H and O–H groups in total. The Morgan fingerprint density at radius 1 is 1.47 bits per heavy atom. The number of urea groups is 1. The molecule has 104 valence electrons. The monoisotopic (exact) mass is 271 g/mol. The summed E-state index contributed by atoms with van der Waals surface area (Å²) < 4.78 is 32.2. The smallest absolute Gasteiger partial charge is 0.332 e. The molecular formula is C12H15F2N3O2. The zero-order valence-corrected chi connectivity index (χ0v) is 10.5. The second kappa shape index (κ2) is 7.30. The van der Waals surface area contributed by atoms with Gasteiger partial charge in [-0.1, -0.05) is 13.3 Å². The van der Waals surface area contributed by atoms with Crippen molar-refractivity contribution >= 4 is 12.2 Å². The van der Waals surface area contributed by atoms with Crippen LogP contribution in [-0.4, -0.2) is 18.9 Å². The average Bonchev–Trinajstić information content (AvgIpc) is 2.32. The number of rotatable bonds is 6. The summed E-state index contributed by atoms with van der Waals surface area (Å²) in [5.41, 5.74) is 6.84. The molecular weight excluding hydrogens is 256 g/mol. The van der Waals surface area contributed by atoms with Crippen LogP contribution in [0.3, 0.4) is 0 Å². The van der Waals surface area contributed by atoms with E-state index >= 15 is 0 Å². The zero-order chi connectivity index (χ0) is 14.3. The summed E-state index contributed by atoms with van der Waals surface area (Å²) in [6.45, 7) is 2.20. The Kier molecular flexibility index (Phi) is 5.72. The van der Waals surface area contributed by atoms with Crippen molar-refractivity contribution in [3.05, 3.63) is 29.3 Å². The fraction of sp³-hybridized carbons (Fsp3) is 0.333. The summed E-state index contributed by atoms with van der Waals surface area (Å²) in [6, 6.07) is 1.24. The second-order valence-corrected chi connectivity index (χ2v) is 3.75. The van der Waals surface area contributed by atoms with Crippen molar-refractivity contribution in [1.29, 1.82) is 0 Å². The van der Waals surface area contributed by atoms with E-state index in [2.05, 4.69) is 5.10 Å². The van der Waals surface area contributed by atoms with Crippen LogP contribution in [-0.2, 0) is 0 Å². The fourth-order valence-corrected chi connectivity index (χ4v) is 1.28. The molecule has 0 saturated carbocycles. The van der Waals surface area contributed by atoms with Gasteiger partial charge in [0, 0.05) is 5.56 Å². The Bertz CT molecular complexity index is 455. The van der Waals surface area contributed by atoms with E-state index in [4.69, 9.17) is 10.5 Å². The molecule has 1 aromatic carbocycles. The van der Waals surface area contributed by atoms with Gasteiger partial charge in [0.2, 0.25) is 0 Å². The third kappa shape index (κ3) is 4.90. The van der Waals surface area contributed by atoms with Crippen LogP contribution in [0, 0.1) is 11.6 Å². The van der Waals surface area contributed by atoms with E-state index in [1.165, 1.54) is 0 Å². The fourth-order valence-electron chi connectivity index (χ4n) is 1.28. The number of nitrogens with zero attached hydrogens (tertiary/aromatic N) is 1. The molecule has 0 spiro atoms. The Labute approximate surface area is 109 Å². The topological polar surface area (TPSA) is 76.7 Å². The van der Waals surface area contributed by atoms with Gasteiger partial charge in [-0.3, -0.25) is 0 Å². The number of benzene rings is 1. The summed E-state index contributed by atoms with van der Waals surface area (Å²) in [5, 5.41) is 3.40. The number of hydrogen-bond donors (Lipinski definition) is 2. The van der Waals surface area contributed by atoms with Crippen LogP contribution in [0.2, 0.25) is 0 Å². The minimum atomic E-state index is -0.864. The molecule has 19 heavy (non-hydrogen) atoms. The quantitative estimate of drug-likeness (QED) is 0.472. The van der Waals surface area contributed by atoms with Crippen LogP contribution in [0.25, 0.3) is 0 Å². The number of carbonyl (C=O) groups is 1. The molecule has 1 aromatic rings. The van der Waals surface area contributed by atoms with Crippen molar-refractivity contribution in [2.45, 2.75) is 19.8 Å². The number of primary amides is 1. The van der Waals surface area contributed by atoms with E-state index in [0.29, 0.717) is 6.42 Å². The molecule has 0 aliphatic carbocycles. The zero-order valence-electron chi connectivity index (χ0n) is 10.5. The third-order valence-electron chi connectivity index (χ3n) is 2.15. The second-order valence-electron chi connectivity index (χ2n) is 3.75. The van der Waals surface area contributed by atoms with Crippen molar-refractivity contribution < 1.29 is 18.3 Å². The predicted octanol–water partition coefficient (Wildman–Crippen LogP) is 2.15. The summed E-state index contributed by atoms with van der Waals surface area (Å²) in [6.07, 6.45) is 2.66. The first-order valence-corrected chi connectivity index (χ1v) is 5.75. The normalized spacial score (nSPS) is 10.7. The number of halogens is 2. The first kappa shape index (κ1) is 14.9. The van der Waals surface area contributed by atoms with Crippen LogP contribution in [0.1, 0.15) is 25.3 Å². The highest BCUT2D eigenvalue weighted by Gasteiger charge is 2.11. The van der Waals surface area contributed by atoms with Crippen LogP contribution >= 0.6 is 0 Å². The van der Waals surface area contributed by atoms with Gasteiger partial charge in [0.1, 0.15) is 0 Å². The van der Waals surface area contributed by atoms with Gasteiger partial charge in [-0.15, -0.1) is 0 Å². The minimum Gasteiger partial charge on any atom is -0.488 e. The van der Waals surface area contributed by atoms with Gasteiger partial charge >= 0.3 is 6.03 Å². The molecule has 0 aliphatic heterocycles. The highest BCUT2D eigenvalue weighted by Crippen LogP contribution is 2.23. The van der Waals surface area contributed by atoms with Gasteiger partial charge < -0.3 is 10.5 Å². The molecule has 2 amide bonds. The van der Waals surface area contributed by atoms with E-state index < -0.39 is 23.4 Å². The van der Waals surface area contributed by atoms with Gasteiger partial charge in [-0.05, 0) is 18.6 Å². The van der Waals surface area contributed by atoms with Gasteiger partial charge in [-0.2, -0.15) is 5.10 Å². The molecule has 0 saturated heterocycles. The molecule has 0 radical (unpaired) electrons. The van der Waals surface area contributed by atoms with E-state index in [-0.39, 0.29) is 12.2 Å². The molecule has 7 heteroatoms. The Hall–Kier alpha value is -2.18. The first-order valence-electron chi connectivity index (χ1n) is 5.75. The molecule has 0 atom stereocenters. The van der Waals surface area contributed by atoms with Crippen molar-refractivity contribution in [2.75, 3.05) is 6.61 Å². The van der Waals surface area contributed by atoms with Crippen molar-refractivity contribution in [3.63, 3.8) is 0 Å². The number of nitrogens with one attached hydrogen (secondary N) is 1. The maximum atomic E-state index is 13.6. The molecule has 0 unspecified atom stereocenters. The molecule has 0 bridgehead atoms. The maximum absolute atomic E-state index is 13.6. The lowest BCUT2D eigenvalue weighted by atomic mass is 10.2. The van der Waals surface area contributed by atoms with Crippen LogP contribution in [0.15, 0.2) is 17.2 Å². The van der Waals surface area contributed by atoms with E-state index in [0.717, 1.165) is 24.8 Å². The van der Waals surface area contributed by atoms with Gasteiger partial charge in [-0.25, -0.2) is 19.0 Å². The summed E-state index contributed by atoms with van der Waals surface area (Å²) in [5.74, 6) is -2.05. The highest BCUT2D eigenvalue weighted by molar-refractivity contribution is 5.81. The molecule has 1 rings (SSSR count). The van der Waals surface area contributed by atoms with Gasteiger partial charge in [0.15, 0.2) is 17.4 Å². The lowest BCUT2D eigenvalue weighted by Gasteiger charge is -2.08. The largest absolute Gasteiger partial charge is 0.488 e. The number of unbranched alkanes of at least 4 members (excludes halogenated alkanes) is 1. The lowest BCUT2D eigenvalue weighted by molar-refractivity contribution is 0.249.